The molecule has 1 aliphatic rings. The van der Waals surface area contributed by atoms with Crippen molar-refractivity contribution in [1.29, 1.82) is 0 Å². The number of methoxy groups -OCH3 is 1. The van der Waals surface area contributed by atoms with Crippen molar-refractivity contribution in [2.75, 3.05) is 26.9 Å². The van der Waals surface area contributed by atoms with Crippen molar-refractivity contribution in [1.82, 2.24) is 14.7 Å². The second-order valence-electron chi connectivity index (χ2n) is 5.60. The molecule has 0 spiro atoms. The van der Waals surface area contributed by atoms with Crippen LogP contribution in [0.4, 0.5) is 4.79 Å². The van der Waals surface area contributed by atoms with Crippen LogP contribution in [-0.4, -0.2) is 47.6 Å². The monoisotopic (exact) mass is 323 g/mol. The molecule has 1 amide bonds. The summed E-state index contributed by atoms with van der Waals surface area (Å²) in [6.07, 6.45) is 3.23. The zero-order valence-electron chi connectivity index (χ0n) is 13.9. The lowest BCUT2D eigenvalue weighted by atomic mass is 10.1. The SMILES string of the molecule is CCOC(=O)N1CCc2nn(CCCCCOC)c(=O)cc2C1. The predicted molar refractivity (Wildman–Crippen MR) is 85.4 cm³/mol. The molecule has 0 bridgehead atoms. The molecule has 0 radical (unpaired) electrons. The summed E-state index contributed by atoms with van der Waals surface area (Å²) >= 11 is 0. The summed E-state index contributed by atoms with van der Waals surface area (Å²) in [7, 11) is 1.69. The maximum atomic E-state index is 12.2. The van der Waals surface area contributed by atoms with Gasteiger partial charge >= 0.3 is 6.09 Å². The molecule has 1 aromatic rings. The molecule has 0 saturated carbocycles. The van der Waals surface area contributed by atoms with Crippen molar-refractivity contribution in [2.45, 2.75) is 45.7 Å². The topological polar surface area (TPSA) is 73.7 Å². The molecule has 128 valence electrons. The fraction of sp³-hybridized carbons (Fsp3) is 0.688. The van der Waals surface area contributed by atoms with Gasteiger partial charge in [-0.15, -0.1) is 0 Å². The number of amides is 1. The zero-order chi connectivity index (χ0) is 16.7. The highest BCUT2D eigenvalue weighted by Crippen LogP contribution is 2.16. The van der Waals surface area contributed by atoms with Crippen LogP contribution in [0.5, 0.6) is 0 Å². The first-order chi connectivity index (χ1) is 11.2. The Hall–Kier alpha value is -1.89. The third-order valence-corrected chi connectivity index (χ3v) is 3.89. The van der Waals surface area contributed by atoms with Crippen LogP contribution in [0.15, 0.2) is 10.9 Å². The van der Waals surface area contributed by atoms with E-state index in [1.54, 1.807) is 25.0 Å². The summed E-state index contributed by atoms with van der Waals surface area (Å²) in [5, 5.41) is 4.46. The average molecular weight is 323 g/mol. The minimum atomic E-state index is -0.333. The number of carbonyl (C=O) groups is 1. The maximum absolute atomic E-state index is 12.2. The Labute approximate surface area is 136 Å². The lowest BCUT2D eigenvalue weighted by Gasteiger charge is -2.27. The van der Waals surface area contributed by atoms with Crippen molar-refractivity contribution in [3.8, 4) is 0 Å². The van der Waals surface area contributed by atoms with E-state index in [-0.39, 0.29) is 11.7 Å². The number of unbranched alkanes of at least 4 members (excludes halogenated alkanes) is 2. The van der Waals surface area contributed by atoms with Gasteiger partial charge < -0.3 is 14.4 Å². The van der Waals surface area contributed by atoms with Crippen molar-refractivity contribution >= 4 is 6.09 Å². The molecule has 0 aliphatic carbocycles. The number of aryl methyl sites for hydroxylation is 1. The summed E-state index contributed by atoms with van der Waals surface area (Å²) in [5.41, 5.74) is 1.62. The Balaban J connectivity index is 1.97. The van der Waals surface area contributed by atoms with Gasteiger partial charge in [0.1, 0.15) is 0 Å². The smallest absolute Gasteiger partial charge is 0.410 e. The average Bonchev–Trinajstić information content (AvgIpc) is 2.54. The molecule has 0 atom stereocenters. The van der Waals surface area contributed by atoms with Gasteiger partial charge in [-0.3, -0.25) is 4.79 Å². The fourth-order valence-electron chi connectivity index (χ4n) is 2.65. The molecule has 1 aliphatic heterocycles. The molecule has 2 rings (SSSR count). The maximum Gasteiger partial charge on any atom is 0.410 e. The van der Waals surface area contributed by atoms with Gasteiger partial charge in [-0.2, -0.15) is 5.10 Å². The van der Waals surface area contributed by atoms with Crippen molar-refractivity contribution in [3.05, 3.63) is 27.7 Å². The highest BCUT2D eigenvalue weighted by atomic mass is 16.6. The number of ether oxygens (including phenoxy) is 2. The second kappa shape index (κ2) is 8.67. The van der Waals surface area contributed by atoms with Crippen LogP contribution >= 0.6 is 0 Å². The summed E-state index contributed by atoms with van der Waals surface area (Å²) in [4.78, 5) is 25.5. The molecular formula is C16H25N3O4. The first-order valence-corrected chi connectivity index (χ1v) is 8.16. The number of carbonyl (C=O) groups excluding carboxylic acids is 1. The molecule has 23 heavy (non-hydrogen) atoms. The van der Waals surface area contributed by atoms with E-state index < -0.39 is 0 Å². The molecular weight excluding hydrogens is 298 g/mol. The predicted octanol–water partition coefficient (Wildman–Crippen LogP) is 1.57. The van der Waals surface area contributed by atoms with E-state index in [0.29, 0.717) is 32.7 Å². The van der Waals surface area contributed by atoms with Crippen LogP contribution in [0.25, 0.3) is 0 Å². The Kier molecular flexibility index (Phi) is 6.58. The van der Waals surface area contributed by atoms with Gasteiger partial charge in [0.05, 0.1) is 18.8 Å². The van der Waals surface area contributed by atoms with Gasteiger partial charge in [0.15, 0.2) is 0 Å². The van der Waals surface area contributed by atoms with Gasteiger partial charge in [-0.25, -0.2) is 9.48 Å². The van der Waals surface area contributed by atoms with Gasteiger partial charge in [-0.05, 0) is 26.2 Å². The highest BCUT2D eigenvalue weighted by Gasteiger charge is 2.23. The normalized spacial score (nSPS) is 13.7. The second-order valence-corrected chi connectivity index (χ2v) is 5.60. The van der Waals surface area contributed by atoms with E-state index in [4.69, 9.17) is 9.47 Å². The van der Waals surface area contributed by atoms with Crippen LogP contribution in [0.1, 0.15) is 37.4 Å². The van der Waals surface area contributed by atoms with Gasteiger partial charge in [0.2, 0.25) is 0 Å². The Morgan fingerprint density at radius 1 is 1.35 bits per heavy atom. The van der Waals surface area contributed by atoms with Crippen LogP contribution in [0, 0.1) is 0 Å². The fourth-order valence-corrected chi connectivity index (χ4v) is 2.65. The van der Waals surface area contributed by atoms with Crippen LogP contribution < -0.4 is 5.56 Å². The van der Waals surface area contributed by atoms with E-state index in [1.165, 1.54) is 4.68 Å². The molecule has 0 unspecified atom stereocenters. The van der Waals surface area contributed by atoms with Gasteiger partial charge in [-0.1, -0.05) is 0 Å². The number of fused-ring (bicyclic) bond motifs is 1. The number of hydrogen-bond acceptors (Lipinski definition) is 5. The van der Waals surface area contributed by atoms with E-state index in [2.05, 4.69) is 5.10 Å². The highest BCUT2D eigenvalue weighted by molar-refractivity contribution is 5.68. The number of hydrogen-bond donors (Lipinski definition) is 0. The summed E-state index contributed by atoms with van der Waals surface area (Å²) in [6, 6.07) is 1.60. The van der Waals surface area contributed by atoms with Gasteiger partial charge in [0, 0.05) is 44.9 Å². The van der Waals surface area contributed by atoms with Crippen LogP contribution in [0.2, 0.25) is 0 Å². The minimum Gasteiger partial charge on any atom is -0.450 e. The van der Waals surface area contributed by atoms with E-state index in [0.717, 1.165) is 37.1 Å². The number of nitrogens with zero attached hydrogens (tertiary/aromatic N) is 3. The minimum absolute atomic E-state index is 0.110. The Morgan fingerprint density at radius 3 is 2.91 bits per heavy atom. The summed E-state index contributed by atoms with van der Waals surface area (Å²) < 4.78 is 11.6. The molecule has 0 N–H and O–H groups in total. The molecule has 0 fully saturated rings. The molecule has 7 nitrogen and oxygen atoms in total. The third kappa shape index (κ3) is 4.79. The third-order valence-electron chi connectivity index (χ3n) is 3.89. The lowest BCUT2D eigenvalue weighted by molar-refractivity contribution is 0.102. The molecule has 2 heterocycles. The Bertz CT molecular complexity index is 585. The molecule has 0 aromatic carbocycles. The summed E-state index contributed by atoms with van der Waals surface area (Å²) in [5.74, 6) is 0. The quantitative estimate of drug-likeness (QED) is 0.712. The molecule has 0 saturated heterocycles. The van der Waals surface area contributed by atoms with E-state index in [9.17, 15) is 9.59 Å². The van der Waals surface area contributed by atoms with Crippen molar-refractivity contribution < 1.29 is 14.3 Å². The first-order valence-electron chi connectivity index (χ1n) is 8.16. The zero-order valence-corrected chi connectivity index (χ0v) is 13.9. The standard InChI is InChI=1S/C16H25N3O4/c1-3-23-16(21)18-9-7-14-13(12-18)11-15(20)19(17-14)8-5-4-6-10-22-2/h11H,3-10,12H2,1-2H3. The van der Waals surface area contributed by atoms with E-state index in [1.807, 2.05) is 0 Å². The van der Waals surface area contributed by atoms with Crippen molar-refractivity contribution in [3.63, 3.8) is 0 Å². The van der Waals surface area contributed by atoms with Crippen molar-refractivity contribution in [2.24, 2.45) is 0 Å². The number of rotatable bonds is 7. The lowest BCUT2D eigenvalue weighted by Crippen LogP contribution is -2.38. The van der Waals surface area contributed by atoms with Crippen LogP contribution in [-0.2, 0) is 29.0 Å². The molecule has 7 heteroatoms. The largest absolute Gasteiger partial charge is 0.450 e. The Morgan fingerprint density at radius 2 is 2.17 bits per heavy atom. The van der Waals surface area contributed by atoms with E-state index >= 15 is 0 Å². The first kappa shape index (κ1) is 17.5. The van der Waals surface area contributed by atoms with Crippen LogP contribution in [0.3, 0.4) is 0 Å². The van der Waals surface area contributed by atoms with Gasteiger partial charge in [0.25, 0.3) is 5.56 Å². The number of aromatic nitrogens is 2. The molecule has 1 aromatic heterocycles. The summed E-state index contributed by atoms with van der Waals surface area (Å²) in [6.45, 7) is 4.47.